The van der Waals surface area contributed by atoms with Gasteiger partial charge in [0.05, 0.1) is 30.3 Å². The molecule has 19 heavy (non-hydrogen) atoms. The number of ether oxygens (including phenoxy) is 1. The first kappa shape index (κ1) is 13.3. The van der Waals surface area contributed by atoms with E-state index in [0.717, 1.165) is 12.8 Å². The normalized spacial score (nSPS) is 13.9. The summed E-state index contributed by atoms with van der Waals surface area (Å²) < 4.78 is 5.04. The van der Waals surface area contributed by atoms with Crippen LogP contribution in [0.25, 0.3) is 0 Å². The zero-order valence-electron chi connectivity index (χ0n) is 10.5. The molecule has 0 spiro atoms. The Morgan fingerprint density at radius 3 is 2.84 bits per heavy atom. The van der Waals surface area contributed by atoms with Crippen molar-refractivity contribution < 1.29 is 14.5 Å². The van der Waals surface area contributed by atoms with Crippen molar-refractivity contribution in [2.75, 3.05) is 19.0 Å². The van der Waals surface area contributed by atoms with E-state index >= 15 is 0 Å². The molecule has 0 aromatic heterocycles. The summed E-state index contributed by atoms with van der Waals surface area (Å²) in [4.78, 5) is 21.8. The molecular weight excluding hydrogens is 250 g/mol. The summed E-state index contributed by atoms with van der Waals surface area (Å²) in [5, 5.41) is 16.4. The maximum atomic E-state index is 11.7. The molecule has 0 bridgehead atoms. The maximum Gasteiger partial charge on any atom is 0.273 e. The SMILES string of the molecule is COc1cc([N+](=O)[O-])ccc1NC(=O)CNC1CC1. The second-order valence-electron chi connectivity index (χ2n) is 4.35. The highest BCUT2D eigenvalue weighted by Gasteiger charge is 2.21. The molecule has 0 radical (unpaired) electrons. The first-order valence-electron chi connectivity index (χ1n) is 5.96. The van der Waals surface area contributed by atoms with Gasteiger partial charge in [0.25, 0.3) is 5.69 Å². The Morgan fingerprint density at radius 2 is 2.26 bits per heavy atom. The Kier molecular flexibility index (Phi) is 3.96. The standard InChI is InChI=1S/C12H15N3O4/c1-19-11-6-9(15(17)18)4-5-10(11)14-12(16)7-13-8-2-3-8/h4-6,8,13H,2-3,7H2,1H3,(H,14,16). The molecule has 0 heterocycles. The Labute approximate surface area is 110 Å². The van der Waals surface area contributed by atoms with Gasteiger partial charge in [-0.1, -0.05) is 0 Å². The van der Waals surface area contributed by atoms with E-state index in [2.05, 4.69) is 10.6 Å². The lowest BCUT2D eigenvalue weighted by molar-refractivity contribution is -0.384. The average molecular weight is 265 g/mol. The van der Waals surface area contributed by atoms with E-state index in [0.29, 0.717) is 11.7 Å². The van der Waals surface area contributed by atoms with Gasteiger partial charge in [0, 0.05) is 12.1 Å². The van der Waals surface area contributed by atoms with Gasteiger partial charge >= 0.3 is 0 Å². The van der Waals surface area contributed by atoms with Crippen molar-refractivity contribution in [3.05, 3.63) is 28.3 Å². The Balaban J connectivity index is 2.01. The van der Waals surface area contributed by atoms with Crippen LogP contribution in [0.2, 0.25) is 0 Å². The molecular formula is C12H15N3O4. The number of nitro benzene ring substituents is 1. The molecule has 7 nitrogen and oxygen atoms in total. The molecule has 0 atom stereocenters. The van der Waals surface area contributed by atoms with Crippen LogP contribution in [0.5, 0.6) is 5.75 Å². The van der Waals surface area contributed by atoms with Crippen molar-refractivity contribution in [3.8, 4) is 5.75 Å². The molecule has 1 aromatic carbocycles. The topological polar surface area (TPSA) is 93.5 Å². The van der Waals surface area contributed by atoms with Crippen molar-refractivity contribution >= 4 is 17.3 Å². The molecule has 1 amide bonds. The van der Waals surface area contributed by atoms with E-state index in [9.17, 15) is 14.9 Å². The number of anilines is 1. The van der Waals surface area contributed by atoms with E-state index in [-0.39, 0.29) is 23.9 Å². The van der Waals surface area contributed by atoms with Crippen molar-refractivity contribution in [1.29, 1.82) is 0 Å². The third-order valence-electron chi connectivity index (χ3n) is 2.80. The lowest BCUT2D eigenvalue weighted by Crippen LogP contribution is -2.29. The van der Waals surface area contributed by atoms with Crippen molar-refractivity contribution in [2.45, 2.75) is 18.9 Å². The predicted molar refractivity (Wildman–Crippen MR) is 69.3 cm³/mol. The Bertz CT molecular complexity index is 500. The molecule has 7 heteroatoms. The zero-order valence-corrected chi connectivity index (χ0v) is 10.5. The molecule has 1 aromatic rings. The van der Waals surface area contributed by atoms with E-state index in [1.807, 2.05) is 0 Å². The molecule has 1 aliphatic rings. The minimum atomic E-state index is -0.511. The number of carbonyl (C=O) groups is 1. The summed E-state index contributed by atoms with van der Waals surface area (Å²) in [6.07, 6.45) is 2.21. The van der Waals surface area contributed by atoms with Gasteiger partial charge in [-0.2, -0.15) is 0 Å². The fraction of sp³-hybridized carbons (Fsp3) is 0.417. The van der Waals surface area contributed by atoms with Crippen molar-refractivity contribution in [3.63, 3.8) is 0 Å². The molecule has 2 N–H and O–H groups in total. The number of rotatable bonds is 6. The summed E-state index contributed by atoms with van der Waals surface area (Å²) in [7, 11) is 1.40. The molecule has 102 valence electrons. The fourth-order valence-corrected chi connectivity index (χ4v) is 1.62. The summed E-state index contributed by atoms with van der Waals surface area (Å²) in [5.41, 5.74) is 0.349. The third kappa shape index (κ3) is 3.65. The lowest BCUT2D eigenvalue weighted by Gasteiger charge is -2.10. The smallest absolute Gasteiger partial charge is 0.273 e. The first-order valence-corrected chi connectivity index (χ1v) is 5.96. The van der Waals surface area contributed by atoms with Crippen LogP contribution in [0.15, 0.2) is 18.2 Å². The quantitative estimate of drug-likeness (QED) is 0.597. The van der Waals surface area contributed by atoms with Crippen LogP contribution in [-0.4, -0.2) is 30.5 Å². The fourth-order valence-electron chi connectivity index (χ4n) is 1.62. The minimum absolute atomic E-state index is 0.0778. The van der Waals surface area contributed by atoms with E-state index in [4.69, 9.17) is 4.74 Å². The predicted octanol–water partition coefficient (Wildman–Crippen LogP) is 1.29. The number of amides is 1. The highest BCUT2D eigenvalue weighted by atomic mass is 16.6. The Morgan fingerprint density at radius 1 is 1.53 bits per heavy atom. The van der Waals surface area contributed by atoms with Crippen LogP contribution in [0, 0.1) is 10.1 Å². The molecule has 1 fully saturated rings. The van der Waals surface area contributed by atoms with Crippen LogP contribution in [0.3, 0.4) is 0 Å². The van der Waals surface area contributed by atoms with Crippen LogP contribution in [0.4, 0.5) is 11.4 Å². The minimum Gasteiger partial charge on any atom is -0.494 e. The number of carbonyl (C=O) groups excluding carboxylic acids is 1. The maximum absolute atomic E-state index is 11.7. The van der Waals surface area contributed by atoms with Gasteiger partial charge in [-0.25, -0.2) is 0 Å². The number of hydrogen-bond donors (Lipinski definition) is 2. The number of nitrogens with zero attached hydrogens (tertiary/aromatic N) is 1. The zero-order chi connectivity index (χ0) is 13.8. The largest absolute Gasteiger partial charge is 0.494 e. The average Bonchev–Trinajstić information content (AvgIpc) is 3.20. The summed E-state index contributed by atoms with van der Waals surface area (Å²) in [5.74, 6) is 0.0769. The number of hydrogen-bond acceptors (Lipinski definition) is 5. The monoisotopic (exact) mass is 265 g/mol. The van der Waals surface area contributed by atoms with Crippen molar-refractivity contribution in [2.24, 2.45) is 0 Å². The van der Waals surface area contributed by atoms with Gasteiger partial charge in [-0.05, 0) is 18.9 Å². The number of nitro groups is 1. The highest BCUT2D eigenvalue weighted by Crippen LogP contribution is 2.28. The first-order chi connectivity index (χ1) is 9.10. The molecule has 0 aliphatic heterocycles. The van der Waals surface area contributed by atoms with E-state index < -0.39 is 4.92 Å². The third-order valence-corrected chi connectivity index (χ3v) is 2.80. The second kappa shape index (κ2) is 5.66. The van der Waals surface area contributed by atoms with E-state index in [1.54, 1.807) is 0 Å². The van der Waals surface area contributed by atoms with Crippen LogP contribution in [0.1, 0.15) is 12.8 Å². The second-order valence-corrected chi connectivity index (χ2v) is 4.35. The molecule has 0 unspecified atom stereocenters. The van der Waals surface area contributed by atoms with Gasteiger partial charge in [0.2, 0.25) is 5.91 Å². The van der Waals surface area contributed by atoms with Crippen LogP contribution in [-0.2, 0) is 4.79 Å². The summed E-state index contributed by atoms with van der Waals surface area (Å²) >= 11 is 0. The summed E-state index contributed by atoms with van der Waals surface area (Å²) in [6, 6.07) is 4.52. The van der Waals surface area contributed by atoms with Gasteiger partial charge in [-0.15, -0.1) is 0 Å². The van der Waals surface area contributed by atoms with Crippen LogP contribution >= 0.6 is 0 Å². The van der Waals surface area contributed by atoms with E-state index in [1.165, 1.54) is 25.3 Å². The number of benzene rings is 1. The highest BCUT2D eigenvalue weighted by molar-refractivity contribution is 5.93. The molecule has 2 rings (SSSR count). The molecule has 1 aliphatic carbocycles. The Hall–Kier alpha value is -2.15. The van der Waals surface area contributed by atoms with Gasteiger partial charge in [0.1, 0.15) is 5.75 Å². The molecule has 0 saturated heterocycles. The van der Waals surface area contributed by atoms with Crippen molar-refractivity contribution in [1.82, 2.24) is 5.32 Å². The van der Waals surface area contributed by atoms with Crippen LogP contribution < -0.4 is 15.4 Å². The molecule has 1 saturated carbocycles. The number of methoxy groups -OCH3 is 1. The number of non-ortho nitro benzene ring substituents is 1. The van der Waals surface area contributed by atoms with Gasteiger partial charge in [-0.3, -0.25) is 14.9 Å². The van der Waals surface area contributed by atoms with Gasteiger partial charge in [0.15, 0.2) is 0 Å². The van der Waals surface area contributed by atoms with Gasteiger partial charge < -0.3 is 15.4 Å². The number of nitrogens with one attached hydrogen (secondary N) is 2. The lowest BCUT2D eigenvalue weighted by atomic mass is 10.2. The summed E-state index contributed by atoms with van der Waals surface area (Å²) in [6.45, 7) is 0.227.